The third kappa shape index (κ3) is 4.64. The third-order valence-corrected chi connectivity index (χ3v) is 8.22. The molecule has 0 saturated carbocycles. The van der Waals surface area contributed by atoms with Gasteiger partial charge in [-0.3, -0.25) is 9.89 Å². The van der Waals surface area contributed by atoms with Crippen molar-refractivity contribution in [2.45, 2.75) is 31.3 Å². The van der Waals surface area contributed by atoms with Crippen molar-refractivity contribution in [2.24, 2.45) is 7.05 Å². The van der Waals surface area contributed by atoms with Crippen molar-refractivity contribution in [1.82, 2.24) is 34.5 Å². The molecule has 2 aliphatic rings. The van der Waals surface area contributed by atoms with Crippen LogP contribution in [0.1, 0.15) is 19.3 Å². The Hall–Kier alpha value is -4.43. The molecule has 0 aliphatic carbocycles. The van der Waals surface area contributed by atoms with E-state index in [1.165, 1.54) is 6.08 Å². The Balaban J connectivity index is 1.41. The SMILES string of the molecule is C=CC(=O)N1CCN(c2nc(OC[C@@H]3CCCN3C)nc3c2cc(-c2ccc4[nH]ncc4c2)n3C)C[C@@H]1CC#N. The molecular weight excluding hydrogens is 506 g/mol. The molecule has 6 rings (SSSR count). The lowest BCUT2D eigenvalue weighted by Crippen LogP contribution is -2.55. The maximum Gasteiger partial charge on any atom is 0.320 e. The largest absolute Gasteiger partial charge is 0.462 e. The summed E-state index contributed by atoms with van der Waals surface area (Å²) in [6.07, 6.45) is 5.61. The minimum atomic E-state index is -0.266. The zero-order chi connectivity index (χ0) is 27.8. The van der Waals surface area contributed by atoms with Crippen molar-refractivity contribution in [1.29, 1.82) is 5.26 Å². The topological polar surface area (TPSA) is 119 Å². The van der Waals surface area contributed by atoms with E-state index in [2.05, 4.69) is 62.5 Å². The Morgan fingerprint density at radius 3 is 2.88 bits per heavy atom. The van der Waals surface area contributed by atoms with Gasteiger partial charge in [-0.25, -0.2) is 0 Å². The molecule has 2 aliphatic heterocycles. The number of fused-ring (bicyclic) bond motifs is 2. The number of piperazine rings is 1. The molecule has 4 aromatic rings. The average Bonchev–Trinajstić information content (AvgIpc) is 3.69. The highest BCUT2D eigenvalue weighted by molar-refractivity contribution is 5.95. The molecule has 206 valence electrons. The van der Waals surface area contributed by atoms with Crippen LogP contribution in [0.5, 0.6) is 6.01 Å². The molecule has 1 N–H and O–H groups in total. The van der Waals surface area contributed by atoms with Gasteiger partial charge in [0.1, 0.15) is 18.1 Å². The molecule has 1 aromatic carbocycles. The molecule has 0 spiro atoms. The highest BCUT2D eigenvalue weighted by Crippen LogP contribution is 2.35. The second kappa shape index (κ2) is 10.6. The fourth-order valence-corrected chi connectivity index (χ4v) is 5.94. The van der Waals surface area contributed by atoms with Gasteiger partial charge in [-0.1, -0.05) is 12.6 Å². The van der Waals surface area contributed by atoms with E-state index in [4.69, 9.17) is 14.7 Å². The molecule has 1 amide bonds. The number of H-pyrrole nitrogens is 1. The summed E-state index contributed by atoms with van der Waals surface area (Å²) in [5, 5.41) is 18.6. The number of anilines is 1. The van der Waals surface area contributed by atoms with Gasteiger partial charge in [-0.05, 0) is 56.3 Å². The Morgan fingerprint density at radius 1 is 1.23 bits per heavy atom. The molecule has 0 bridgehead atoms. The first-order valence-corrected chi connectivity index (χ1v) is 13.7. The number of aromatic nitrogens is 5. The van der Waals surface area contributed by atoms with Crippen LogP contribution < -0.4 is 9.64 Å². The molecule has 2 fully saturated rings. The van der Waals surface area contributed by atoms with E-state index >= 15 is 0 Å². The van der Waals surface area contributed by atoms with E-state index in [-0.39, 0.29) is 18.4 Å². The van der Waals surface area contributed by atoms with Gasteiger partial charge in [0.05, 0.1) is 41.3 Å². The number of carbonyl (C=O) groups excluding carboxylic acids is 1. The predicted octanol–water partition coefficient (Wildman–Crippen LogP) is 3.10. The second-order valence-electron chi connectivity index (χ2n) is 10.6. The highest BCUT2D eigenvalue weighted by atomic mass is 16.5. The number of nitriles is 1. The van der Waals surface area contributed by atoms with Gasteiger partial charge >= 0.3 is 6.01 Å². The zero-order valence-corrected chi connectivity index (χ0v) is 22.9. The highest BCUT2D eigenvalue weighted by Gasteiger charge is 2.32. The van der Waals surface area contributed by atoms with Crippen LogP contribution in [0, 0.1) is 11.3 Å². The molecule has 2 saturated heterocycles. The van der Waals surface area contributed by atoms with E-state index in [1.54, 1.807) is 4.90 Å². The third-order valence-electron chi connectivity index (χ3n) is 8.22. The van der Waals surface area contributed by atoms with Crippen LogP contribution in [-0.2, 0) is 11.8 Å². The van der Waals surface area contributed by atoms with Crippen LogP contribution in [0.3, 0.4) is 0 Å². The Bertz CT molecular complexity index is 1620. The standard InChI is InChI=1S/C29H33N9O2/c1-4-26(39)38-13-12-37(17-21(38)9-10-30)28-23-15-25(19-7-8-24-20(14-19)16-31-34-24)36(3)27(23)32-29(33-28)40-18-22-6-5-11-35(22)2/h4,7-8,14-16,21-22H,1,5-6,9,11-13,17-18H2,2-3H3,(H,31,34)/t21-,22-/m0/s1. The molecule has 11 heteroatoms. The minimum Gasteiger partial charge on any atom is -0.462 e. The van der Waals surface area contributed by atoms with Crippen molar-refractivity contribution in [2.75, 3.05) is 44.7 Å². The lowest BCUT2D eigenvalue weighted by Gasteiger charge is -2.40. The number of hydrogen-bond donors (Lipinski definition) is 1. The first kappa shape index (κ1) is 25.8. The van der Waals surface area contributed by atoms with E-state index in [0.29, 0.717) is 38.3 Å². The lowest BCUT2D eigenvalue weighted by molar-refractivity contribution is -0.128. The lowest BCUT2D eigenvalue weighted by atomic mass is 10.1. The number of likely N-dealkylation sites (tertiary alicyclic amines) is 1. The maximum atomic E-state index is 12.5. The van der Waals surface area contributed by atoms with Crippen molar-refractivity contribution in [3.8, 4) is 23.3 Å². The van der Waals surface area contributed by atoms with E-state index < -0.39 is 0 Å². The van der Waals surface area contributed by atoms with Crippen LogP contribution in [0.2, 0.25) is 0 Å². The van der Waals surface area contributed by atoms with E-state index in [0.717, 1.165) is 58.4 Å². The number of nitrogens with one attached hydrogen (secondary N) is 1. The molecule has 40 heavy (non-hydrogen) atoms. The summed E-state index contributed by atoms with van der Waals surface area (Å²) in [5.41, 5.74) is 3.78. The number of hydrogen-bond acceptors (Lipinski definition) is 8. The number of likely N-dealkylation sites (N-methyl/N-ethyl adjacent to an activating group) is 1. The van der Waals surface area contributed by atoms with Gasteiger partial charge in [0.2, 0.25) is 5.91 Å². The normalized spacial score (nSPS) is 19.8. The van der Waals surface area contributed by atoms with Crippen LogP contribution in [0.25, 0.3) is 33.2 Å². The number of aromatic amines is 1. The Labute approximate surface area is 232 Å². The Morgan fingerprint density at radius 2 is 2.10 bits per heavy atom. The Kier molecular flexibility index (Phi) is 6.86. The van der Waals surface area contributed by atoms with Gasteiger partial charge in [-0.2, -0.15) is 20.3 Å². The van der Waals surface area contributed by atoms with E-state index in [1.807, 2.05) is 19.3 Å². The molecule has 0 radical (unpaired) electrons. The number of nitrogens with zero attached hydrogens (tertiary/aromatic N) is 8. The first-order chi connectivity index (χ1) is 19.5. The summed E-state index contributed by atoms with van der Waals surface area (Å²) >= 11 is 0. The number of carbonyl (C=O) groups is 1. The summed E-state index contributed by atoms with van der Waals surface area (Å²) in [4.78, 5) is 28.5. The number of benzene rings is 1. The fraction of sp³-hybridized carbons (Fsp3) is 0.414. The number of amides is 1. The first-order valence-electron chi connectivity index (χ1n) is 13.7. The summed E-state index contributed by atoms with van der Waals surface area (Å²) < 4.78 is 8.29. The molecular formula is C29H33N9O2. The number of rotatable bonds is 7. The predicted molar refractivity (Wildman–Crippen MR) is 153 cm³/mol. The summed E-state index contributed by atoms with van der Waals surface area (Å²) in [6, 6.07) is 11.0. The van der Waals surface area contributed by atoms with Gasteiger partial charge in [0.25, 0.3) is 0 Å². The zero-order valence-electron chi connectivity index (χ0n) is 22.9. The number of aryl methyl sites for hydroxylation is 1. The van der Waals surface area contributed by atoms with Crippen LogP contribution in [-0.4, -0.2) is 92.4 Å². The van der Waals surface area contributed by atoms with Crippen LogP contribution in [0.15, 0.2) is 43.1 Å². The molecule has 5 heterocycles. The summed E-state index contributed by atoms with van der Waals surface area (Å²) in [5.74, 6) is 0.591. The smallest absolute Gasteiger partial charge is 0.320 e. The fourth-order valence-electron chi connectivity index (χ4n) is 5.94. The van der Waals surface area contributed by atoms with Gasteiger partial charge in [-0.15, -0.1) is 0 Å². The quantitative estimate of drug-likeness (QED) is 0.356. The molecule has 11 nitrogen and oxygen atoms in total. The molecule has 0 unspecified atom stereocenters. The second-order valence-corrected chi connectivity index (χ2v) is 10.6. The van der Waals surface area contributed by atoms with Crippen molar-refractivity contribution in [3.05, 3.63) is 43.1 Å². The summed E-state index contributed by atoms with van der Waals surface area (Å²) in [6.45, 7) is 6.75. The van der Waals surface area contributed by atoms with E-state index in [9.17, 15) is 10.1 Å². The number of ether oxygens (including phenoxy) is 1. The van der Waals surface area contributed by atoms with Gasteiger partial charge < -0.3 is 24.0 Å². The van der Waals surface area contributed by atoms with Crippen LogP contribution in [0.4, 0.5) is 5.82 Å². The van der Waals surface area contributed by atoms with Crippen LogP contribution >= 0.6 is 0 Å². The molecule has 3 aromatic heterocycles. The van der Waals surface area contributed by atoms with Crippen molar-refractivity contribution < 1.29 is 9.53 Å². The van der Waals surface area contributed by atoms with Gasteiger partial charge in [0, 0.05) is 38.1 Å². The van der Waals surface area contributed by atoms with Crippen molar-refractivity contribution >= 4 is 33.7 Å². The van der Waals surface area contributed by atoms with Crippen molar-refractivity contribution in [3.63, 3.8) is 0 Å². The average molecular weight is 540 g/mol. The maximum absolute atomic E-state index is 12.5. The van der Waals surface area contributed by atoms with Gasteiger partial charge in [0.15, 0.2) is 0 Å². The minimum absolute atomic E-state index is 0.158. The summed E-state index contributed by atoms with van der Waals surface area (Å²) in [7, 11) is 4.12. The molecule has 2 atom stereocenters. The monoisotopic (exact) mass is 539 g/mol.